The second-order valence-corrected chi connectivity index (χ2v) is 11.1. The van der Waals surface area contributed by atoms with Crippen molar-refractivity contribution in [3.8, 4) is 16.9 Å². The number of halogens is 2. The van der Waals surface area contributed by atoms with Crippen molar-refractivity contribution in [3.05, 3.63) is 75.8 Å². The van der Waals surface area contributed by atoms with Crippen LogP contribution in [0.15, 0.2) is 47.5 Å². The van der Waals surface area contributed by atoms with Crippen molar-refractivity contribution in [1.29, 1.82) is 0 Å². The predicted molar refractivity (Wildman–Crippen MR) is 148 cm³/mol. The van der Waals surface area contributed by atoms with Gasteiger partial charge in [0.15, 0.2) is 0 Å². The molecule has 0 bridgehead atoms. The summed E-state index contributed by atoms with van der Waals surface area (Å²) >= 11 is 0. The van der Waals surface area contributed by atoms with E-state index in [-0.39, 0.29) is 36.2 Å². The zero-order valence-corrected chi connectivity index (χ0v) is 22.6. The van der Waals surface area contributed by atoms with Gasteiger partial charge in [-0.15, -0.1) is 0 Å². The van der Waals surface area contributed by atoms with E-state index in [4.69, 9.17) is 9.72 Å². The van der Waals surface area contributed by atoms with Gasteiger partial charge < -0.3 is 14.6 Å². The molecule has 41 heavy (non-hydrogen) atoms. The Hall–Kier alpha value is -3.96. The number of nitrogens with one attached hydrogen (secondary N) is 1. The van der Waals surface area contributed by atoms with E-state index in [1.165, 1.54) is 27.9 Å². The number of carbonyl (C=O) groups is 1. The van der Waals surface area contributed by atoms with Gasteiger partial charge in [-0.2, -0.15) is 0 Å². The summed E-state index contributed by atoms with van der Waals surface area (Å²) < 4.78 is 34.7. The van der Waals surface area contributed by atoms with Gasteiger partial charge in [-0.1, -0.05) is 6.07 Å². The summed E-state index contributed by atoms with van der Waals surface area (Å²) in [6, 6.07) is 9.64. The minimum atomic E-state index is -1.07. The maximum Gasteiger partial charge on any atom is 0.283 e. The second-order valence-electron chi connectivity index (χ2n) is 11.1. The molecule has 1 unspecified atom stereocenters. The topological polar surface area (TPSA) is 96.3 Å². The number of H-pyrrole nitrogens is 1. The third-order valence-corrected chi connectivity index (χ3v) is 8.33. The highest BCUT2D eigenvalue weighted by Gasteiger charge is 2.33. The zero-order valence-electron chi connectivity index (χ0n) is 22.6. The Morgan fingerprint density at radius 3 is 2.63 bits per heavy atom. The molecule has 3 fully saturated rings. The molecule has 0 spiro atoms. The fourth-order valence-electron chi connectivity index (χ4n) is 5.68. The van der Waals surface area contributed by atoms with Crippen molar-refractivity contribution in [3.63, 3.8) is 0 Å². The number of amides is 1. The number of morpholine rings is 1. The molecule has 7 rings (SSSR count). The average molecular weight is 561 g/mol. The number of ether oxygens (including phenoxy) is 1. The van der Waals surface area contributed by atoms with E-state index in [9.17, 15) is 18.4 Å². The van der Waals surface area contributed by atoms with Crippen molar-refractivity contribution >= 4 is 16.9 Å². The first kappa shape index (κ1) is 26.0. The molecule has 4 aromatic rings. The maximum absolute atomic E-state index is 14.3. The SMILES string of the molecule is CC(c1cc2ncn(-c3cc(-c4ccc(F)cc4C(=O)N4CC(F)C4)cc(C4CC4)n3)c(=O)c2[nH]1)N1CCOCC1. The summed E-state index contributed by atoms with van der Waals surface area (Å²) in [4.78, 5) is 43.3. The Labute approximate surface area is 234 Å². The van der Waals surface area contributed by atoms with Crippen LogP contribution >= 0.6 is 0 Å². The van der Waals surface area contributed by atoms with Gasteiger partial charge in [0.1, 0.15) is 29.7 Å². The normalized spacial score (nSPS) is 19.0. The number of nitrogens with zero attached hydrogens (tertiary/aromatic N) is 5. The molecule has 0 radical (unpaired) electrons. The van der Waals surface area contributed by atoms with Gasteiger partial charge in [-0.25, -0.2) is 23.3 Å². The van der Waals surface area contributed by atoms with Gasteiger partial charge in [-0.05, 0) is 61.2 Å². The molecule has 2 saturated heterocycles. The Kier molecular flexibility index (Phi) is 6.43. The van der Waals surface area contributed by atoms with Crippen LogP contribution in [0.25, 0.3) is 28.0 Å². The number of pyridine rings is 1. The number of aromatic amines is 1. The molecule has 1 amide bonds. The van der Waals surface area contributed by atoms with Crippen molar-refractivity contribution < 1.29 is 18.3 Å². The molecule has 1 N–H and O–H groups in total. The number of hydrogen-bond acceptors (Lipinski definition) is 6. The summed E-state index contributed by atoms with van der Waals surface area (Å²) in [5, 5.41) is 0. The first-order chi connectivity index (χ1) is 19.9. The summed E-state index contributed by atoms with van der Waals surface area (Å²) in [6.45, 7) is 5.06. The monoisotopic (exact) mass is 560 g/mol. The first-order valence-corrected chi connectivity index (χ1v) is 14.0. The van der Waals surface area contributed by atoms with Crippen LogP contribution in [0.1, 0.15) is 53.5 Å². The minimum Gasteiger partial charge on any atom is -0.379 e. The molecular weight excluding hydrogens is 530 g/mol. The Bertz CT molecular complexity index is 1700. The maximum atomic E-state index is 14.3. The molecule has 1 aliphatic carbocycles. The van der Waals surface area contributed by atoms with E-state index in [1.54, 1.807) is 12.1 Å². The lowest BCUT2D eigenvalue weighted by Gasteiger charge is -2.34. The average Bonchev–Trinajstić information content (AvgIpc) is 3.73. The molecule has 2 aliphatic heterocycles. The van der Waals surface area contributed by atoms with Crippen LogP contribution in [0.3, 0.4) is 0 Å². The number of fused-ring (bicyclic) bond motifs is 1. The van der Waals surface area contributed by atoms with E-state index in [1.807, 2.05) is 12.1 Å². The zero-order chi connectivity index (χ0) is 28.2. The third kappa shape index (κ3) is 4.82. The van der Waals surface area contributed by atoms with Crippen LogP contribution in [0, 0.1) is 5.82 Å². The summed E-state index contributed by atoms with van der Waals surface area (Å²) in [5.74, 6) is -0.356. The van der Waals surface area contributed by atoms with E-state index in [2.05, 4.69) is 21.8 Å². The summed E-state index contributed by atoms with van der Waals surface area (Å²) in [7, 11) is 0. The quantitative estimate of drug-likeness (QED) is 0.383. The molecule has 3 aromatic heterocycles. The van der Waals surface area contributed by atoms with Crippen LogP contribution in [0.4, 0.5) is 8.78 Å². The molecule has 11 heteroatoms. The number of benzene rings is 1. The summed E-state index contributed by atoms with van der Waals surface area (Å²) in [5.41, 5.74) is 3.68. The van der Waals surface area contributed by atoms with Crippen LogP contribution < -0.4 is 5.56 Å². The Morgan fingerprint density at radius 1 is 1.12 bits per heavy atom. The van der Waals surface area contributed by atoms with Gasteiger partial charge in [0, 0.05) is 36.4 Å². The minimum absolute atomic E-state index is 0.00687. The fourth-order valence-corrected chi connectivity index (χ4v) is 5.68. The number of alkyl halides is 1. The molecular formula is C30H30F2N6O3. The molecule has 3 aliphatic rings. The highest BCUT2D eigenvalue weighted by Crippen LogP contribution is 2.41. The van der Waals surface area contributed by atoms with Gasteiger partial charge in [0.2, 0.25) is 0 Å². The highest BCUT2D eigenvalue weighted by atomic mass is 19.1. The van der Waals surface area contributed by atoms with Crippen molar-refractivity contribution in [2.24, 2.45) is 0 Å². The summed E-state index contributed by atoms with van der Waals surface area (Å²) in [6.07, 6.45) is 2.36. The van der Waals surface area contributed by atoms with Crippen molar-refractivity contribution in [2.45, 2.75) is 37.9 Å². The van der Waals surface area contributed by atoms with E-state index < -0.39 is 17.9 Å². The number of hydrogen-bond donors (Lipinski definition) is 1. The van der Waals surface area contributed by atoms with Crippen molar-refractivity contribution in [2.75, 3.05) is 39.4 Å². The highest BCUT2D eigenvalue weighted by molar-refractivity contribution is 6.01. The molecule has 5 heterocycles. The van der Waals surface area contributed by atoms with Gasteiger partial charge in [-0.3, -0.25) is 14.5 Å². The Morgan fingerprint density at radius 2 is 1.90 bits per heavy atom. The van der Waals surface area contributed by atoms with Gasteiger partial charge in [0.25, 0.3) is 11.5 Å². The number of rotatable bonds is 6. The molecule has 1 aromatic carbocycles. The van der Waals surface area contributed by atoms with Gasteiger partial charge in [0.05, 0.1) is 37.4 Å². The number of likely N-dealkylation sites (tertiary alicyclic amines) is 1. The molecule has 9 nitrogen and oxygen atoms in total. The largest absolute Gasteiger partial charge is 0.379 e. The van der Waals surface area contributed by atoms with Crippen LogP contribution in [0.5, 0.6) is 0 Å². The van der Waals surface area contributed by atoms with E-state index in [0.29, 0.717) is 41.2 Å². The van der Waals surface area contributed by atoms with Crippen LogP contribution in [-0.4, -0.2) is 80.8 Å². The molecule has 212 valence electrons. The number of carbonyl (C=O) groups excluding carboxylic acids is 1. The Balaban J connectivity index is 1.30. The van der Waals surface area contributed by atoms with Crippen molar-refractivity contribution in [1.82, 2.24) is 29.3 Å². The lowest BCUT2D eigenvalue weighted by atomic mass is 9.97. The van der Waals surface area contributed by atoms with Crippen LogP contribution in [-0.2, 0) is 4.74 Å². The van der Waals surface area contributed by atoms with Crippen LogP contribution in [0.2, 0.25) is 0 Å². The third-order valence-electron chi connectivity index (χ3n) is 8.33. The lowest BCUT2D eigenvalue weighted by Crippen LogP contribution is -2.51. The second kappa shape index (κ2) is 10.1. The first-order valence-electron chi connectivity index (χ1n) is 14.0. The fraction of sp³-hybridized carbons (Fsp3) is 0.400. The van der Waals surface area contributed by atoms with E-state index >= 15 is 0 Å². The molecule has 1 atom stereocenters. The molecule has 1 saturated carbocycles. The lowest BCUT2D eigenvalue weighted by molar-refractivity contribution is 0.0192. The number of aromatic nitrogens is 4. The van der Waals surface area contributed by atoms with E-state index in [0.717, 1.165) is 37.3 Å². The van der Waals surface area contributed by atoms with Gasteiger partial charge >= 0.3 is 0 Å². The predicted octanol–water partition coefficient (Wildman–Crippen LogP) is 3.98. The standard InChI is InChI=1S/C30H30F2N6O3/c1-17(36-6-8-41-9-7-36)24-13-26-28(35-24)30(40)38(16-33-26)27-11-19(10-25(34-27)18-2-3-18)22-5-4-20(31)12-23(22)29(39)37-14-21(32)15-37/h4-5,10-13,16-18,21,35H,2-3,6-9,14-15H2,1H3. The smallest absolute Gasteiger partial charge is 0.283 e.